The highest BCUT2D eigenvalue weighted by atomic mass is 35.5. The molecule has 0 fully saturated rings. The van der Waals surface area contributed by atoms with Gasteiger partial charge in [-0.3, -0.25) is 18.7 Å². The van der Waals surface area contributed by atoms with Crippen molar-refractivity contribution in [2.45, 2.75) is 19.4 Å². The number of anilines is 1. The number of aryl methyl sites for hydroxylation is 1. The number of carbonyl (C=O) groups is 2. The summed E-state index contributed by atoms with van der Waals surface area (Å²) in [5, 5.41) is 0. The van der Waals surface area contributed by atoms with Gasteiger partial charge in [0.1, 0.15) is 6.61 Å². The molecule has 6 nitrogen and oxygen atoms in total. The highest BCUT2D eigenvalue weighted by Crippen LogP contribution is 2.58. The highest BCUT2D eigenvalue weighted by molar-refractivity contribution is 8.30. The predicted octanol–water partition coefficient (Wildman–Crippen LogP) is 4.46. The van der Waals surface area contributed by atoms with Gasteiger partial charge >= 0.3 is 5.97 Å². The third kappa shape index (κ3) is 4.51. The van der Waals surface area contributed by atoms with Gasteiger partial charge in [-0.05, 0) is 29.7 Å². The average molecular weight is 408 g/mol. The average Bonchev–Trinajstić information content (AvgIpc) is 2.86. The maximum atomic E-state index is 11.9. The van der Waals surface area contributed by atoms with Gasteiger partial charge in [-0.15, -0.1) is 0 Å². The van der Waals surface area contributed by atoms with E-state index in [-0.39, 0.29) is 23.4 Å². The van der Waals surface area contributed by atoms with Crippen molar-refractivity contribution in [2.24, 2.45) is 0 Å². The molecule has 142 valence electrons. The lowest BCUT2D eigenvalue weighted by atomic mass is 10.1. The van der Waals surface area contributed by atoms with Crippen LogP contribution >= 0.6 is 22.4 Å². The van der Waals surface area contributed by atoms with Gasteiger partial charge in [0.05, 0.1) is 5.69 Å². The molecule has 1 aliphatic rings. The largest absolute Gasteiger partial charge is 0.461 e. The number of benzene rings is 2. The highest BCUT2D eigenvalue weighted by Gasteiger charge is 2.38. The summed E-state index contributed by atoms with van der Waals surface area (Å²) in [4.78, 5) is 23.8. The first kappa shape index (κ1) is 19.4. The summed E-state index contributed by atoms with van der Waals surface area (Å²) in [6.45, 7) is 0.237. The first-order valence-electron chi connectivity index (χ1n) is 8.16. The lowest BCUT2D eigenvalue weighted by Crippen LogP contribution is -2.27. The van der Waals surface area contributed by atoms with Crippen LogP contribution in [0.1, 0.15) is 17.5 Å². The van der Waals surface area contributed by atoms with Crippen molar-refractivity contribution in [1.29, 1.82) is 0 Å². The standard InChI is InChI=1S/C19H18ClNO5S/c20-17-12-18(22)21(27(17,24)25)16-9-6-14(7-10-16)8-11-19(23)26-13-15-4-2-1-3-5-15/h1-7,9-10,12,24-25H,8,11,13H2. The molecule has 0 aromatic heterocycles. The lowest BCUT2D eigenvalue weighted by Gasteiger charge is -2.36. The molecule has 1 amide bonds. The fourth-order valence-corrected chi connectivity index (χ4v) is 4.03. The third-order valence-electron chi connectivity index (χ3n) is 3.98. The number of esters is 1. The summed E-state index contributed by atoms with van der Waals surface area (Å²) in [5.41, 5.74) is 2.11. The molecule has 0 atom stereocenters. The topological polar surface area (TPSA) is 87.1 Å². The SMILES string of the molecule is O=C(CCc1ccc(N2C(=O)C=C(Cl)S2(O)O)cc1)OCc1ccccc1. The lowest BCUT2D eigenvalue weighted by molar-refractivity contribution is -0.144. The van der Waals surface area contributed by atoms with Gasteiger partial charge in [-0.2, -0.15) is 4.31 Å². The molecule has 2 aromatic rings. The first-order chi connectivity index (χ1) is 12.9. The predicted molar refractivity (Wildman–Crippen MR) is 105 cm³/mol. The maximum absolute atomic E-state index is 11.9. The van der Waals surface area contributed by atoms with Gasteiger partial charge in [0.2, 0.25) is 0 Å². The van der Waals surface area contributed by atoms with E-state index in [0.717, 1.165) is 21.5 Å². The molecule has 0 aliphatic carbocycles. The normalized spacial score (nSPS) is 16.8. The molecule has 3 rings (SSSR count). The van der Waals surface area contributed by atoms with E-state index in [9.17, 15) is 18.7 Å². The van der Waals surface area contributed by atoms with E-state index in [1.807, 2.05) is 30.3 Å². The quantitative estimate of drug-likeness (QED) is 0.690. The maximum Gasteiger partial charge on any atom is 0.306 e. The molecule has 0 spiro atoms. The molecule has 27 heavy (non-hydrogen) atoms. The van der Waals surface area contributed by atoms with Gasteiger partial charge < -0.3 is 4.74 Å². The van der Waals surface area contributed by atoms with E-state index >= 15 is 0 Å². The molecule has 0 saturated carbocycles. The Kier molecular flexibility index (Phi) is 5.86. The van der Waals surface area contributed by atoms with E-state index < -0.39 is 16.7 Å². The minimum atomic E-state index is -3.50. The fourth-order valence-electron chi connectivity index (χ4n) is 2.58. The van der Waals surface area contributed by atoms with Crippen molar-refractivity contribution < 1.29 is 23.4 Å². The van der Waals surface area contributed by atoms with Crippen LogP contribution < -0.4 is 4.31 Å². The molecule has 2 aromatic carbocycles. The van der Waals surface area contributed by atoms with Gasteiger partial charge in [0.25, 0.3) is 5.91 Å². The number of hydrogen-bond acceptors (Lipinski definition) is 5. The number of rotatable bonds is 6. The molecular weight excluding hydrogens is 390 g/mol. The molecule has 8 heteroatoms. The smallest absolute Gasteiger partial charge is 0.306 e. The summed E-state index contributed by atoms with van der Waals surface area (Å²) in [7, 11) is -3.50. The summed E-state index contributed by atoms with van der Waals surface area (Å²) < 4.78 is 25.9. The third-order valence-corrected chi connectivity index (χ3v) is 6.26. The Bertz CT molecular complexity index is 867. The fraction of sp³-hybridized carbons (Fsp3) is 0.158. The molecule has 1 aliphatic heterocycles. The second-order valence-electron chi connectivity index (χ2n) is 5.91. The second-order valence-corrected chi connectivity index (χ2v) is 8.39. The molecule has 0 unspecified atom stereocenters. The van der Waals surface area contributed by atoms with E-state index in [4.69, 9.17) is 16.3 Å². The van der Waals surface area contributed by atoms with Gasteiger partial charge in [-0.1, -0.05) is 64.8 Å². The number of ether oxygens (including phenoxy) is 1. The number of halogens is 1. The summed E-state index contributed by atoms with van der Waals surface area (Å²) in [6, 6.07) is 16.0. The van der Waals surface area contributed by atoms with Crippen LogP contribution in [-0.4, -0.2) is 21.0 Å². The Morgan fingerprint density at radius 2 is 1.70 bits per heavy atom. The molecule has 0 saturated heterocycles. The number of hydrogen-bond donors (Lipinski definition) is 2. The number of amides is 1. The van der Waals surface area contributed by atoms with Crippen LogP contribution in [0.2, 0.25) is 0 Å². The Morgan fingerprint density at radius 3 is 2.30 bits per heavy atom. The van der Waals surface area contributed by atoms with Crippen LogP contribution in [0.4, 0.5) is 5.69 Å². The minimum absolute atomic E-state index is 0.220. The van der Waals surface area contributed by atoms with E-state index in [0.29, 0.717) is 12.1 Å². The van der Waals surface area contributed by atoms with Crippen molar-refractivity contribution in [2.75, 3.05) is 4.31 Å². The number of carbonyl (C=O) groups excluding carboxylic acids is 2. The second kappa shape index (κ2) is 8.14. The summed E-state index contributed by atoms with van der Waals surface area (Å²) in [6.07, 6.45) is 1.68. The Labute approximate surface area is 163 Å². The van der Waals surface area contributed by atoms with Crippen LogP contribution in [0.25, 0.3) is 0 Å². The molecule has 1 heterocycles. The summed E-state index contributed by atoms with van der Waals surface area (Å²) >= 11 is 5.72. The molecule has 2 N–H and O–H groups in total. The van der Waals surface area contributed by atoms with Gasteiger partial charge in [0.15, 0.2) is 4.36 Å². The van der Waals surface area contributed by atoms with Crippen LogP contribution in [0.3, 0.4) is 0 Å². The van der Waals surface area contributed by atoms with E-state index in [1.54, 1.807) is 24.3 Å². The summed E-state index contributed by atoms with van der Waals surface area (Å²) in [5.74, 6) is -0.889. The molecule has 0 bridgehead atoms. The van der Waals surface area contributed by atoms with Gasteiger partial charge in [0, 0.05) is 12.5 Å². The Balaban J connectivity index is 1.54. The van der Waals surface area contributed by atoms with Crippen LogP contribution in [0.5, 0.6) is 0 Å². The first-order valence-corrected chi connectivity index (χ1v) is 10.0. The van der Waals surface area contributed by atoms with E-state index in [1.165, 1.54) is 0 Å². The molecule has 0 radical (unpaired) electrons. The minimum Gasteiger partial charge on any atom is -0.461 e. The monoisotopic (exact) mass is 407 g/mol. The molecular formula is C19H18ClNO5S. The van der Waals surface area contributed by atoms with Crippen LogP contribution in [-0.2, 0) is 27.4 Å². The Hall–Kier alpha value is -2.32. The van der Waals surface area contributed by atoms with Crippen molar-refractivity contribution >= 4 is 39.9 Å². The van der Waals surface area contributed by atoms with Crippen LogP contribution in [0, 0.1) is 0 Å². The van der Waals surface area contributed by atoms with E-state index in [2.05, 4.69) is 0 Å². The van der Waals surface area contributed by atoms with Crippen molar-refractivity contribution in [1.82, 2.24) is 0 Å². The van der Waals surface area contributed by atoms with Crippen LogP contribution in [0.15, 0.2) is 65.0 Å². The van der Waals surface area contributed by atoms with Gasteiger partial charge in [-0.25, -0.2) is 0 Å². The van der Waals surface area contributed by atoms with Crippen molar-refractivity contribution in [3.05, 3.63) is 76.2 Å². The van der Waals surface area contributed by atoms with Crippen molar-refractivity contribution in [3.8, 4) is 0 Å². The van der Waals surface area contributed by atoms with Crippen molar-refractivity contribution in [3.63, 3.8) is 0 Å². The zero-order valence-electron chi connectivity index (χ0n) is 14.2. The zero-order chi connectivity index (χ0) is 19.4. The Morgan fingerprint density at radius 1 is 1.04 bits per heavy atom. The number of nitrogens with zero attached hydrogens (tertiary/aromatic N) is 1. The zero-order valence-corrected chi connectivity index (χ0v) is 15.8.